The van der Waals surface area contributed by atoms with Crippen LogP contribution in [0.3, 0.4) is 0 Å². The van der Waals surface area contributed by atoms with E-state index in [-0.39, 0.29) is 0 Å². The van der Waals surface area contributed by atoms with Gasteiger partial charge in [-0.2, -0.15) is 0 Å². The van der Waals surface area contributed by atoms with Crippen LogP contribution in [0.2, 0.25) is 0 Å². The molecule has 4 nitrogen and oxygen atoms in total. The molecule has 0 saturated heterocycles. The normalized spacial score (nSPS) is 27.1. The summed E-state index contributed by atoms with van der Waals surface area (Å²) in [4.78, 5) is 10.1. The van der Waals surface area contributed by atoms with Gasteiger partial charge in [-0.15, -0.1) is 0 Å². The Bertz CT molecular complexity index is 161. The summed E-state index contributed by atoms with van der Waals surface area (Å²) in [5.74, 6) is -1.60. The zero-order valence-electron chi connectivity index (χ0n) is 7.03. The summed E-state index contributed by atoms with van der Waals surface area (Å²) >= 11 is 0. The van der Waals surface area contributed by atoms with Gasteiger partial charge in [0.1, 0.15) is 6.04 Å². The van der Waals surface area contributed by atoms with Crippen LogP contribution in [0.5, 0.6) is 0 Å². The molecule has 0 aliphatic rings. The van der Waals surface area contributed by atoms with Crippen molar-refractivity contribution in [1.29, 1.82) is 0 Å². The lowest BCUT2D eigenvalue weighted by Gasteiger charge is -2.06. The Hall–Kier alpha value is -0.610. The summed E-state index contributed by atoms with van der Waals surface area (Å²) in [5, 5.41) is 17.0. The molecule has 0 heterocycles. The first-order chi connectivity index (χ1) is 4.80. The summed E-state index contributed by atoms with van der Waals surface area (Å²) in [7, 11) is 0. The van der Waals surface area contributed by atoms with E-state index in [1.807, 2.05) is 0 Å². The number of hydrogen-bond donors (Lipinski definition) is 3. The highest BCUT2D eigenvalue weighted by atomic mass is 16.4. The van der Waals surface area contributed by atoms with Crippen molar-refractivity contribution >= 4 is 5.97 Å². The molecule has 48 valence electrons. The number of hydrogen-bond acceptors (Lipinski definition) is 3. The van der Waals surface area contributed by atoms with Crippen molar-refractivity contribution in [1.82, 2.24) is 0 Å². The molecule has 0 spiro atoms. The first kappa shape index (κ1) is 3.42. The molecule has 0 aromatic carbocycles. The Labute approximate surface area is 51.1 Å². The van der Waals surface area contributed by atoms with Crippen LogP contribution in [0, 0.1) is 0 Å². The molecule has 0 aliphatic heterocycles. The van der Waals surface area contributed by atoms with Crippen molar-refractivity contribution in [3.05, 3.63) is 0 Å². The highest BCUT2D eigenvalue weighted by molar-refractivity contribution is 5.73. The standard InChI is InChI=1S/C4H9NO3/c1-2(6)3(5)4(7)8/h2-3,6H,5H2,1H3,(H,7,8)/t2-,3-/m0/s1/i1D2,2D. The first-order valence-electron chi connectivity index (χ1n) is 3.51. The molecular formula is C4H9NO3. The molecule has 4 N–H and O–H groups in total. The van der Waals surface area contributed by atoms with Gasteiger partial charge in [0.2, 0.25) is 0 Å². The van der Waals surface area contributed by atoms with Crippen LogP contribution >= 0.6 is 0 Å². The van der Waals surface area contributed by atoms with E-state index in [9.17, 15) is 4.79 Å². The Morgan fingerprint density at radius 1 is 2.12 bits per heavy atom. The molecular weight excluding hydrogens is 110 g/mol. The highest BCUT2D eigenvalue weighted by Crippen LogP contribution is 1.85. The summed E-state index contributed by atoms with van der Waals surface area (Å²) in [6.45, 7) is -2.01. The molecule has 8 heavy (non-hydrogen) atoms. The van der Waals surface area contributed by atoms with Gasteiger partial charge in [0.15, 0.2) is 0 Å². The molecule has 4 heteroatoms. The van der Waals surface area contributed by atoms with Gasteiger partial charge in [0.25, 0.3) is 0 Å². The van der Waals surface area contributed by atoms with Crippen LogP contribution < -0.4 is 5.73 Å². The molecule has 0 aromatic rings. The van der Waals surface area contributed by atoms with Crippen molar-refractivity contribution in [3.8, 4) is 0 Å². The molecule has 0 bridgehead atoms. The summed E-state index contributed by atoms with van der Waals surface area (Å²) < 4.78 is 20.0. The van der Waals surface area contributed by atoms with E-state index in [4.69, 9.17) is 20.1 Å². The van der Waals surface area contributed by atoms with Gasteiger partial charge in [-0.25, -0.2) is 0 Å². The predicted octanol–water partition coefficient (Wildman–Crippen LogP) is -1.22. The first-order valence-corrected chi connectivity index (χ1v) is 1.85. The highest BCUT2D eigenvalue weighted by Gasteiger charge is 2.16. The minimum atomic E-state index is -2.76. The number of aliphatic carboxylic acids is 1. The fourth-order valence-electron chi connectivity index (χ4n) is 0.127. The van der Waals surface area contributed by atoms with E-state index in [1.165, 1.54) is 0 Å². The lowest BCUT2D eigenvalue weighted by atomic mass is 10.2. The smallest absolute Gasteiger partial charge is 0.323 e. The molecule has 0 unspecified atom stereocenters. The second kappa shape index (κ2) is 2.64. The third-order valence-corrected chi connectivity index (χ3v) is 0.585. The van der Waals surface area contributed by atoms with Crippen molar-refractivity contribution in [2.75, 3.05) is 0 Å². The van der Waals surface area contributed by atoms with Gasteiger partial charge in [0.05, 0.1) is 7.45 Å². The minimum Gasteiger partial charge on any atom is -0.480 e. The van der Waals surface area contributed by atoms with Crippen molar-refractivity contribution in [3.63, 3.8) is 0 Å². The Kier molecular flexibility index (Phi) is 1.13. The Balaban J connectivity index is 4.41. The van der Waals surface area contributed by atoms with Crippen molar-refractivity contribution < 1.29 is 19.1 Å². The molecule has 0 radical (unpaired) electrons. The van der Waals surface area contributed by atoms with Gasteiger partial charge in [-0.3, -0.25) is 4.79 Å². The van der Waals surface area contributed by atoms with Gasteiger partial charge in [-0.05, 0) is 6.88 Å². The maximum absolute atomic E-state index is 10.1. The zero-order chi connectivity index (χ0) is 9.23. The topological polar surface area (TPSA) is 83.5 Å². The summed E-state index contributed by atoms with van der Waals surface area (Å²) in [5.41, 5.74) is 4.82. The largest absolute Gasteiger partial charge is 0.480 e. The van der Waals surface area contributed by atoms with Crippen LogP contribution in [0.15, 0.2) is 0 Å². The van der Waals surface area contributed by atoms with Gasteiger partial charge < -0.3 is 15.9 Å². The number of carboxylic acids is 1. The van der Waals surface area contributed by atoms with Crippen LogP contribution in [0.25, 0.3) is 0 Å². The molecule has 0 aromatic heterocycles. The van der Waals surface area contributed by atoms with Gasteiger partial charge in [-0.1, -0.05) is 0 Å². The number of aliphatic hydroxyl groups is 1. The van der Waals surface area contributed by atoms with E-state index < -0.39 is 25.0 Å². The molecule has 0 saturated carbocycles. The Morgan fingerprint density at radius 3 is 2.75 bits per heavy atom. The van der Waals surface area contributed by atoms with Crippen molar-refractivity contribution in [2.45, 2.75) is 19.0 Å². The van der Waals surface area contributed by atoms with Crippen LogP contribution in [-0.4, -0.2) is 28.3 Å². The fourth-order valence-corrected chi connectivity index (χ4v) is 0.127. The average Bonchev–Trinajstić information content (AvgIpc) is 1.85. The summed E-state index contributed by atoms with van der Waals surface area (Å²) in [6, 6.07) is -1.93. The maximum Gasteiger partial charge on any atom is 0.323 e. The van der Waals surface area contributed by atoms with Crippen LogP contribution in [-0.2, 0) is 4.79 Å². The monoisotopic (exact) mass is 122 g/mol. The lowest BCUT2D eigenvalue weighted by molar-refractivity contribution is -0.140. The quantitative estimate of drug-likeness (QED) is 0.428. The number of carbonyl (C=O) groups is 1. The SMILES string of the molecule is [2H]C([2H])[C@]([2H])(O)[C@H](N)C(=O)O. The molecule has 0 rings (SSSR count). The summed E-state index contributed by atoms with van der Waals surface area (Å²) in [6.07, 6.45) is -2.76. The van der Waals surface area contributed by atoms with E-state index in [0.29, 0.717) is 0 Å². The van der Waals surface area contributed by atoms with E-state index in [2.05, 4.69) is 0 Å². The van der Waals surface area contributed by atoms with Crippen LogP contribution in [0.1, 0.15) is 11.0 Å². The molecule has 0 amide bonds. The number of nitrogens with two attached hydrogens (primary N) is 1. The fraction of sp³-hybridized carbons (Fsp3) is 0.750. The second-order valence-corrected chi connectivity index (χ2v) is 1.24. The number of rotatable bonds is 2. The molecule has 0 fully saturated rings. The third-order valence-electron chi connectivity index (χ3n) is 0.585. The van der Waals surface area contributed by atoms with E-state index >= 15 is 0 Å². The van der Waals surface area contributed by atoms with Gasteiger partial charge >= 0.3 is 5.97 Å². The zero-order valence-corrected chi connectivity index (χ0v) is 4.03. The minimum absolute atomic E-state index is 1.60. The average molecular weight is 122 g/mol. The van der Waals surface area contributed by atoms with Gasteiger partial charge in [0, 0.05) is 2.74 Å². The second-order valence-electron chi connectivity index (χ2n) is 1.24. The molecule has 2 atom stereocenters. The van der Waals surface area contributed by atoms with Crippen molar-refractivity contribution in [2.24, 2.45) is 5.73 Å². The van der Waals surface area contributed by atoms with E-state index in [0.717, 1.165) is 0 Å². The molecule has 0 aliphatic carbocycles. The maximum atomic E-state index is 10.1. The predicted molar refractivity (Wildman–Crippen MR) is 27.3 cm³/mol. The van der Waals surface area contributed by atoms with Crippen LogP contribution in [0.4, 0.5) is 0 Å². The van der Waals surface area contributed by atoms with E-state index in [1.54, 1.807) is 0 Å². The Morgan fingerprint density at radius 2 is 2.62 bits per heavy atom. The third kappa shape index (κ3) is 1.90. The number of carboxylic acid groups (broad SMARTS) is 1. The lowest BCUT2D eigenvalue weighted by Crippen LogP contribution is -2.39.